The third-order valence-electron chi connectivity index (χ3n) is 4.96. The number of aromatic nitrogens is 3. The van der Waals surface area contributed by atoms with Crippen molar-refractivity contribution in [1.29, 1.82) is 0 Å². The molecule has 1 aliphatic heterocycles. The summed E-state index contributed by atoms with van der Waals surface area (Å²) in [7, 11) is 0. The molecule has 0 spiro atoms. The summed E-state index contributed by atoms with van der Waals surface area (Å²) in [5.41, 5.74) is 4.65. The topological polar surface area (TPSA) is 69.0 Å². The molecule has 1 atom stereocenters. The molecule has 2 aromatic carbocycles. The third-order valence-corrected chi connectivity index (χ3v) is 6.40. The SMILES string of the molecule is CCOC(=O)C1=C(C)Nc2nc(SCc3cccc(C)c3)nn2[C@H]1c1ccc(Br)cc1. The molecule has 6 nitrogen and oxygen atoms in total. The highest BCUT2D eigenvalue weighted by Crippen LogP contribution is 2.37. The van der Waals surface area contributed by atoms with Gasteiger partial charge in [-0.3, -0.25) is 0 Å². The molecule has 2 heterocycles. The van der Waals surface area contributed by atoms with Crippen molar-refractivity contribution < 1.29 is 9.53 Å². The second-order valence-corrected chi connectivity index (χ2v) is 9.14. The van der Waals surface area contributed by atoms with Crippen LogP contribution in [0.4, 0.5) is 5.95 Å². The van der Waals surface area contributed by atoms with E-state index < -0.39 is 6.04 Å². The van der Waals surface area contributed by atoms with Crippen LogP contribution in [0.5, 0.6) is 0 Å². The molecule has 1 aliphatic rings. The fourth-order valence-electron chi connectivity index (χ4n) is 3.57. The molecular formula is C23H23BrN4O2S. The molecule has 4 rings (SSSR count). The zero-order chi connectivity index (χ0) is 22.0. The number of nitrogens with one attached hydrogen (secondary N) is 1. The molecule has 0 radical (unpaired) electrons. The van der Waals surface area contributed by atoms with Crippen molar-refractivity contribution in [2.24, 2.45) is 0 Å². The van der Waals surface area contributed by atoms with E-state index in [2.05, 4.69) is 57.4 Å². The van der Waals surface area contributed by atoms with Gasteiger partial charge in [0.2, 0.25) is 11.1 Å². The molecule has 1 N–H and O–H groups in total. The number of fused-ring (bicyclic) bond motifs is 1. The van der Waals surface area contributed by atoms with E-state index in [0.29, 0.717) is 23.3 Å². The number of benzene rings is 2. The summed E-state index contributed by atoms with van der Waals surface area (Å²) in [6.07, 6.45) is 0. The van der Waals surface area contributed by atoms with E-state index in [0.717, 1.165) is 21.5 Å². The number of rotatable bonds is 6. The molecule has 160 valence electrons. The zero-order valence-corrected chi connectivity index (χ0v) is 20.0. The first-order valence-corrected chi connectivity index (χ1v) is 11.8. The maximum Gasteiger partial charge on any atom is 0.338 e. The van der Waals surface area contributed by atoms with Crippen LogP contribution < -0.4 is 5.32 Å². The van der Waals surface area contributed by atoms with Crippen molar-refractivity contribution in [2.45, 2.75) is 37.7 Å². The minimum absolute atomic E-state index is 0.310. The second-order valence-electron chi connectivity index (χ2n) is 7.28. The van der Waals surface area contributed by atoms with Crippen LogP contribution in [-0.4, -0.2) is 27.3 Å². The molecule has 3 aromatic rings. The molecule has 0 saturated carbocycles. The predicted molar refractivity (Wildman–Crippen MR) is 126 cm³/mol. The number of esters is 1. The largest absolute Gasteiger partial charge is 0.463 e. The highest BCUT2D eigenvalue weighted by Gasteiger charge is 2.35. The Bertz CT molecular complexity index is 1140. The van der Waals surface area contributed by atoms with Gasteiger partial charge in [0.05, 0.1) is 12.2 Å². The maximum atomic E-state index is 12.8. The number of allylic oxidation sites excluding steroid dienone is 1. The molecular weight excluding hydrogens is 476 g/mol. The van der Waals surface area contributed by atoms with Crippen LogP contribution in [0.3, 0.4) is 0 Å². The lowest BCUT2D eigenvalue weighted by molar-refractivity contribution is -0.139. The lowest BCUT2D eigenvalue weighted by Crippen LogP contribution is -2.29. The Morgan fingerprint density at radius 2 is 2.00 bits per heavy atom. The highest BCUT2D eigenvalue weighted by atomic mass is 79.9. The van der Waals surface area contributed by atoms with Gasteiger partial charge in [0.1, 0.15) is 6.04 Å². The monoisotopic (exact) mass is 498 g/mol. The van der Waals surface area contributed by atoms with Gasteiger partial charge < -0.3 is 10.1 Å². The van der Waals surface area contributed by atoms with Crippen molar-refractivity contribution in [3.05, 3.63) is 81.0 Å². The van der Waals surface area contributed by atoms with Crippen LogP contribution in [0.25, 0.3) is 0 Å². The number of thioether (sulfide) groups is 1. The Kier molecular flexibility index (Phi) is 6.48. The summed E-state index contributed by atoms with van der Waals surface area (Å²) in [6, 6.07) is 15.9. The normalized spacial score (nSPS) is 15.4. The summed E-state index contributed by atoms with van der Waals surface area (Å²) in [6.45, 7) is 6.07. The molecule has 0 unspecified atom stereocenters. The van der Waals surface area contributed by atoms with E-state index >= 15 is 0 Å². The Morgan fingerprint density at radius 1 is 1.23 bits per heavy atom. The van der Waals surface area contributed by atoms with Crippen molar-refractivity contribution >= 4 is 39.6 Å². The molecule has 0 bridgehead atoms. The molecule has 8 heteroatoms. The molecule has 0 amide bonds. The number of carbonyl (C=O) groups is 1. The number of anilines is 1. The number of carbonyl (C=O) groups excluding carboxylic acids is 1. The van der Waals surface area contributed by atoms with Crippen molar-refractivity contribution in [2.75, 3.05) is 11.9 Å². The fraction of sp³-hybridized carbons (Fsp3) is 0.261. The van der Waals surface area contributed by atoms with Gasteiger partial charge in [0, 0.05) is 15.9 Å². The molecule has 0 saturated heterocycles. The van der Waals surface area contributed by atoms with Gasteiger partial charge in [-0.05, 0) is 44.0 Å². The minimum Gasteiger partial charge on any atom is -0.463 e. The van der Waals surface area contributed by atoms with Gasteiger partial charge in [0.25, 0.3) is 0 Å². The number of aryl methyl sites for hydroxylation is 1. The third kappa shape index (κ3) is 4.70. The van der Waals surface area contributed by atoms with Gasteiger partial charge in [-0.1, -0.05) is 69.7 Å². The van der Waals surface area contributed by atoms with E-state index in [1.165, 1.54) is 11.1 Å². The summed E-state index contributed by atoms with van der Waals surface area (Å²) in [5, 5.41) is 8.64. The van der Waals surface area contributed by atoms with Gasteiger partial charge in [-0.2, -0.15) is 4.98 Å². The lowest BCUT2D eigenvalue weighted by atomic mass is 9.96. The number of hydrogen-bond acceptors (Lipinski definition) is 6. The Labute approximate surface area is 194 Å². The lowest BCUT2D eigenvalue weighted by Gasteiger charge is -2.28. The average Bonchev–Trinajstić information content (AvgIpc) is 3.14. The molecule has 0 aliphatic carbocycles. The maximum absolute atomic E-state index is 12.8. The first-order chi connectivity index (χ1) is 15.0. The second kappa shape index (κ2) is 9.28. The van der Waals surface area contributed by atoms with E-state index in [1.807, 2.05) is 31.2 Å². The Morgan fingerprint density at radius 3 is 2.71 bits per heavy atom. The van der Waals surface area contributed by atoms with Crippen LogP contribution in [-0.2, 0) is 15.3 Å². The Balaban J connectivity index is 1.68. The van der Waals surface area contributed by atoms with E-state index in [1.54, 1.807) is 23.4 Å². The van der Waals surface area contributed by atoms with Crippen LogP contribution in [0.2, 0.25) is 0 Å². The van der Waals surface area contributed by atoms with Crippen molar-refractivity contribution in [3.8, 4) is 0 Å². The summed E-state index contributed by atoms with van der Waals surface area (Å²) in [5.74, 6) is 1.03. The zero-order valence-electron chi connectivity index (χ0n) is 17.6. The molecule has 1 aromatic heterocycles. The van der Waals surface area contributed by atoms with Crippen LogP contribution in [0, 0.1) is 6.92 Å². The van der Waals surface area contributed by atoms with Gasteiger partial charge in [-0.25, -0.2) is 9.48 Å². The standard InChI is InChI=1S/C23H23BrN4O2S/c1-4-30-21(29)19-15(3)25-22-26-23(31-13-16-7-5-6-14(2)12-16)27-28(22)20(19)17-8-10-18(24)11-9-17/h5-12,20H,4,13H2,1-3H3,(H,25,26,27)/t20-/m0/s1. The molecule has 31 heavy (non-hydrogen) atoms. The number of nitrogens with zero attached hydrogens (tertiary/aromatic N) is 3. The number of ether oxygens (including phenoxy) is 1. The quantitative estimate of drug-likeness (QED) is 0.357. The first kappa shape index (κ1) is 21.6. The predicted octanol–water partition coefficient (Wildman–Crippen LogP) is 5.49. The first-order valence-electron chi connectivity index (χ1n) is 10.0. The minimum atomic E-state index is -0.413. The van der Waals surface area contributed by atoms with Gasteiger partial charge in [-0.15, -0.1) is 5.10 Å². The fourth-order valence-corrected chi connectivity index (χ4v) is 4.61. The van der Waals surface area contributed by atoms with Crippen LogP contribution in [0.1, 0.15) is 36.6 Å². The van der Waals surface area contributed by atoms with Crippen molar-refractivity contribution in [1.82, 2.24) is 14.8 Å². The highest BCUT2D eigenvalue weighted by molar-refractivity contribution is 9.10. The average molecular weight is 499 g/mol. The summed E-state index contributed by atoms with van der Waals surface area (Å²) >= 11 is 5.05. The van der Waals surface area contributed by atoms with E-state index in [9.17, 15) is 4.79 Å². The van der Waals surface area contributed by atoms with Gasteiger partial charge in [0.15, 0.2) is 0 Å². The smallest absolute Gasteiger partial charge is 0.338 e. The summed E-state index contributed by atoms with van der Waals surface area (Å²) < 4.78 is 8.10. The van der Waals surface area contributed by atoms with Gasteiger partial charge >= 0.3 is 5.97 Å². The Hall–Kier alpha value is -2.58. The molecule has 0 fully saturated rings. The van der Waals surface area contributed by atoms with Crippen LogP contribution in [0.15, 0.2) is 69.4 Å². The number of halogens is 1. The van der Waals surface area contributed by atoms with E-state index in [-0.39, 0.29) is 5.97 Å². The number of hydrogen-bond donors (Lipinski definition) is 1. The van der Waals surface area contributed by atoms with E-state index in [4.69, 9.17) is 9.84 Å². The van der Waals surface area contributed by atoms with Crippen LogP contribution >= 0.6 is 27.7 Å². The summed E-state index contributed by atoms with van der Waals surface area (Å²) in [4.78, 5) is 17.5. The van der Waals surface area contributed by atoms with Crippen molar-refractivity contribution in [3.63, 3.8) is 0 Å².